The van der Waals surface area contributed by atoms with Crippen LogP contribution in [-0.2, 0) is 0 Å². The summed E-state index contributed by atoms with van der Waals surface area (Å²) < 4.78 is 0. The topological polar surface area (TPSA) is 56.9 Å². The molecule has 5 heteroatoms. The van der Waals surface area contributed by atoms with E-state index in [1.165, 1.54) is 16.9 Å². The molecule has 0 aliphatic rings. The largest absolute Gasteiger partial charge is 0.510 e. The number of nitriles is 1. The Balaban J connectivity index is 2.39. The molecule has 1 heterocycles. The van der Waals surface area contributed by atoms with Gasteiger partial charge in [0.1, 0.15) is 22.4 Å². The number of aliphatic hydroxyl groups is 1. The number of aliphatic hydroxyl groups excluding tert-OH is 1. The fraction of sp³-hybridized carbons (Fsp3) is 0.143. The van der Waals surface area contributed by atoms with E-state index >= 15 is 0 Å². The number of benzene rings is 1. The number of halogens is 1. The lowest BCUT2D eigenvalue weighted by Crippen LogP contribution is -1.90. The van der Waals surface area contributed by atoms with Crippen molar-refractivity contribution in [1.82, 2.24) is 4.98 Å². The first kappa shape index (κ1) is 13.6. The molecule has 0 saturated carbocycles. The van der Waals surface area contributed by atoms with Gasteiger partial charge in [-0.25, -0.2) is 4.98 Å². The summed E-state index contributed by atoms with van der Waals surface area (Å²) in [5.41, 5.74) is 3.08. The second-order valence-electron chi connectivity index (χ2n) is 3.97. The van der Waals surface area contributed by atoms with Gasteiger partial charge in [0.25, 0.3) is 0 Å². The number of hydrogen-bond acceptors (Lipinski definition) is 4. The predicted molar refractivity (Wildman–Crippen MR) is 78.2 cm³/mol. The number of aryl methyl sites for hydroxylation is 1. The Morgan fingerprint density at radius 3 is 2.68 bits per heavy atom. The number of nitrogens with zero attached hydrogens (tertiary/aromatic N) is 2. The molecule has 2 aromatic rings. The average Bonchev–Trinajstić information content (AvgIpc) is 2.89. The highest BCUT2D eigenvalue weighted by Crippen LogP contribution is 2.27. The van der Waals surface area contributed by atoms with Crippen molar-refractivity contribution in [2.75, 3.05) is 5.88 Å². The number of rotatable bonds is 3. The third-order valence-electron chi connectivity index (χ3n) is 2.59. The van der Waals surface area contributed by atoms with Crippen molar-refractivity contribution in [2.24, 2.45) is 0 Å². The zero-order valence-electron chi connectivity index (χ0n) is 10.2. The number of aromatic nitrogens is 1. The molecule has 0 unspecified atom stereocenters. The van der Waals surface area contributed by atoms with E-state index in [-0.39, 0.29) is 17.2 Å². The second kappa shape index (κ2) is 5.87. The quantitative estimate of drug-likeness (QED) is 0.525. The van der Waals surface area contributed by atoms with Gasteiger partial charge in [-0.2, -0.15) is 5.26 Å². The zero-order chi connectivity index (χ0) is 13.8. The van der Waals surface area contributed by atoms with Gasteiger partial charge >= 0.3 is 0 Å². The zero-order valence-corrected chi connectivity index (χ0v) is 11.8. The molecule has 3 nitrogen and oxygen atoms in total. The molecule has 96 valence electrons. The fourth-order valence-electron chi connectivity index (χ4n) is 1.55. The molecule has 0 saturated heterocycles. The van der Waals surface area contributed by atoms with Crippen LogP contribution in [-0.4, -0.2) is 16.0 Å². The fourth-order valence-corrected chi connectivity index (χ4v) is 2.53. The summed E-state index contributed by atoms with van der Waals surface area (Å²) >= 11 is 6.85. The van der Waals surface area contributed by atoms with E-state index in [1.54, 1.807) is 0 Å². The molecule has 0 bridgehead atoms. The van der Waals surface area contributed by atoms with E-state index < -0.39 is 0 Å². The molecule has 0 atom stereocenters. The van der Waals surface area contributed by atoms with Gasteiger partial charge in [0.2, 0.25) is 0 Å². The van der Waals surface area contributed by atoms with Gasteiger partial charge in [-0.15, -0.1) is 22.9 Å². The molecule has 1 N–H and O–H groups in total. The van der Waals surface area contributed by atoms with Crippen molar-refractivity contribution in [3.05, 3.63) is 46.0 Å². The van der Waals surface area contributed by atoms with Crippen LogP contribution < -0.4 is 0 Å². The summed E-state index contributed by atoms with van der Waals surface area (Å²) in [7, 11) is 0. The Hall–Kier alpha value is -1.83. The molecule has 2 rings (SSSR count). The van der Waals surface area contributed by atoms with Crippen LogP contribution in [0.1, 0.15) is 10.6 Å². The smallest absolute Gasteiger partial charge is 0.138 e. The van der Waals surface area contributed by atoms with E-state index in [2.05, 4.69) is 4.98 Å². The van der Waals surface area contributed by atoms with E-state index in [9.17, 15) is 5.11 Å². The van der Waals surface area contributed by atoms with Crippen LogP contribution in [0.5, 0.6) is 0 Å². The first-order chi connectivity index (χ1) is 9.15. The summed E-state index contributed by atoms with van der Waals surface area (Å²) in [5.74, 6) is -0.239. The maximum atomic E-state index is 9.58. The Morgan fingerprint density at radius 2 is 2.11 bits per heavy atom. The lowest BCUT2D eigenvalue weighted by atomic mass is 10.1. The van der Waals surface area contributed by atoms with E-state index in [1.807, 2.05) is 42.6 Å². The molecule has 1 aromatic carbocycles. The maximum Gasteiger partial charge on any atom is 0.138 e. The molecule has 0 amide bonds. The third kappa shape index (κ3) is 2.95. The summed E-state index contributed by atoms with van der Waals surface area (Å²) in [6.45, 7) is 2.02. The predicted octanol–water partition coefficient (Wildman–Crippen LogP) is 4.15. The van der Waals surface area contributed by atoms with Crippen molar-refractivity contribution in [2.45, 2.75) is 6.92 Å². The maximum absolute atomic E-state index is 9.58. The van der Waals surface area contributed by atoms with Crippen LogP contribution in [0, 0.1) is 18.3 Å². The molecular formula is C14H11ClN2OS. The molecular weight excluding hydrogens is 280 g/mol. The van der Waals surface area contributed by atoms with Crippen LogP contribution in [0.15, 0.2) is 35.4 Å². The van der Waals surface area contributed by atoms with Crippen LogP contribution in [0.2, 0.25) is 0 Å². The molecule has 19 heavy (non-hydrogen) atoms. The van der Waals surface area contributed by atoms with Crippen LogP contribution in [0.25, 0.3) is 16.8 Å². The highest BCUT2D eigenvalue weighted by atomic mass is 35.5. The van der Waals surface area contributed by atoms with Crippen molar-refractivity contribution >= 4 is 28.5 Å². The van der Waals surface area contributed by atoms with E-state index in [4.69, 9.17) is 16.9 Å². The first-order valence-electron chi connectivity index (χ1n) is 5.57. The van der Waals surface area contributed by atoms with Crippen LogP contribution in [0.4, 0.5) is 0 Å². The average molecular weight is 291 g/mol. The Morgan fingerprint density at radius 1 is 1.42 bits per heavy atom. The Kier molecular flexibility index (Phi) is 4.20. The van der Waals surface area contributed by atoms with Gasteiger partial charge in [-0.05, 0) is 6.92 Å². The number of hydrogen-bond donors (Lipinski definition) is 1. The van der Waals surface area contributed by atoms with Gasteiger partial charge in [-0.1, -0.05) is 29.8 Å². The summed E-state index contributed by atoms with van der Waals surface area (Å²) in [6.07, 6.45) is 0. The third-order valence-corrected chi connectivity index (χ3v) is 3.71. The van der Waals surface area contributed by atoms with Gasteiger partial charge in [-0.3, -0.25) is 0 Å². The van der Waals surface area contributed by atoms with Gasteiger partial charge in [0.15, 0.2) is 0 Å². The lowest BCUT2D eigenvalue weighted by Gasteiger charge is -1.98. The Bertz CT molecular complexity index is 653. The van der Waals surface area contributed by atoms with Crippen LogP contribution in [0.3, 0.4) is 0 Å². The standard InChI is InChI=1S/C14H11ClN2OS/c1-9-2-4-10(5-3-9)12-8-19-14(17-12)11(7-16)13(18)6-15/h2-5,8,18H,6H2,1H3. The number of alkyl halides is 1. The van der Waals surface area contributed by atoms with Crippen molar-refractivity contribution in [3.63, 3.8) is 0 Å². The molecule has 0 aliphatic carbocycles. The number of allylic oxidation sites excluding steroid dienone is 2. The molecule has 0 aliphatic heterocycles. The molecule has 0 radical (unpaired) electrons. The van der Waals surface area contributed by atoms with E-state index in [0.717, 1.165) is 11.3 Å². The summed E-state index contributed by atoms with van der Waals surface area (Å²) in [6, 6.07) is 9.90. The van der Waals surface area contributed by atoms with Crippen molar-refractivity contribution < 1.29 is 5.11 Å². The molecule has 1 aromatic heterocycles. The van der Waals surface area contributed by atoms with Crippen molar-refractivity contribution in [1.29, 1.82) is 5.26 Å². The second-order valence-corrected chi connectivity index (χ2v) is 5.10. The number of thiazole rings is 1. The SMILES string of the molecule is Cc1ccc(-c2csc(C(C#N)=C(O)CCl)n2)cc1. The van der Waals surface area contributed by atoms with Crippen molar-refractivity contribution in [3.8, 4) is 17.3 Å². The Labute approximate surface area is 120 Å². The molecule has 0 spiro atoms. The molecule has 0 fully saturated rings. The highest BCUT2D eigenvalue weighted by molar-refractivity contribution is 7.11. The van der Waals surface area contributed by atoms with Gasteiger partial charge in [0.05, 0.1) is 11.6 Å². The van der Waals surface area contributed by atoms with Gasteiger partial charge < -0.3 is 5.11 Å². The van der Waals surface area contributed by atoms with E-state index in [0.29, 0.717) is 5.01 Å². The lowest BCUT2D eigenvalue weighted by molar-refractivity contribution is 0.420. The van der Waals surface area contributed by atoms with Gasteiger partial charge in [0, 0.05) is 10.9 Å². The first-order valence-corrected chi connectivity index (χ1v) is 6.98. The van der Waals surface area contributed by atoms with Crippen LogP contribution >= 0.6 is 22.9 Å². The minimum atomic E-state index is -0.144. The minimum absolute atomic E-state index is 0.0949. The minimum Gasteiger partial charge on any atom is -0.510 e. The summed E-state index contributed by atoms with van der Waals surface area (Å²) in [5, 5.41) is 21.0. The summed E-state index contributed by atoms with van der Waals surface area (Å²) in [4.78, 5) is 4.37. The highest BCUT2D eigenvalue weighted by Gasteiger charge is 2.13. The normalized spacial score (nSPS) is 11.8. The monoisotopic (exact) mass is 290 g/mol.